The van der Waals surface area contributed by atoms with E-state index >= 15 is 0 Å². The van der Waals surface area contributed by atoms with Crippen LogP contribution in [-0.2, 0) is 0 Å². The fourth-order valence-corrected chi connectivity index (χ4v) is 2.09. The normalized spacial score (nSPS) is 10.6. The summed E-state index contributed by atoms with van der Waals surface area (Å²) in [5.41, 5.74) is 6.79. The van der Waals surface area contributed by atoms with Gasteiger partial charge < -0.3 is 10.7 Å². The van der Waals surface area contributed by atoms with E-state index in [-0.39, 0.29) is 5.36 Å². The summed E-state index contributed by atoms with van der Waals surface area (Å²) < 4.78 is 0. The van der Waals surface area contributed by atoms with Crippen LogP contribution in [0.3, 0.4) is 0 Å². The lowest BCUT2D eigenvalue weighted by Crippen LogP contribution is -2.08. The zero-order chi connectivity index (χ0) is 12.7. The standard InChI is InChI=1S/C13H9N5/c14-6-7-2-3-8(15)9-10(11(7)16)13-12(9)17-4-1-5-18-13/h1-5,16-17H,15H2. The van der Waals surface area contributed by atoms with Gasteiger partial charge in [-0.25, -0.2) is 0 Å². The van der Waals surface area contributed by atoms with Crippen molar-refractivity contribution >= 4 is 16.5 Å². The number of rotatable bonds is 0. The molecule has 0 radical (unpaired) electrons. The maximum atomic E-state index is 9.02. The van der Waals surface area contributed by atoms with Crippen molar-refractivity contribution in [2.75, 3.05) is 5.73 Å². The summed E-state index contributed by atoms with van der Waals surface area (Å²) >= 11 is 0. The molecule has 4 N–H and O–H groups in total. The quantitative estimate of drug-likeness (QED) is 0.545. The Bertz CT molecular complexity index is 917. The van der Waals surface area contributed by atoms with E-state index in [1.807, 2.05) is 6.07 Å². The number of hydrogen-bond acceptors (Lipinski definition) is 4. The van der Waals surface area contributed by atoms with E-state index in [2.05, 4.69) is 9.97 Å². The van der Waals surface area contributed by atoms with Gasteiger partial charge in [0, 0.05) is 28.9 Å². The Morgan fingerprint density at radius 3 is 2.94 bits per heavy atom. The van der Waals surface area contributed by atoms with Gasteiger partial charge in [0.05, 0.1) is 21.6 Å². The zero-order valence-corrected chi connectivity index (χ0v) is 9.36. The Balaban J connectivity index is 2.73. The number of aromatic amines is 1. The van der Waals surface area contributed by atoms with E-state index in [4.69, 9.17) is 16.4 Å². The highest BCUT2D eigenvalue weighted by atomic mass is 14.7. The summed E-state index contributed by atoms with van der Waals surface area (Å²) in [5, 5.41) is 20.1. The second-order valence-corrected chi connectivity index (χ2v) is 3.94. The molecule has 18 heavy (non-hydrogen) atoms. The van der Waals surface area contributed by atoms with Crippen LogP contribution in [0.4, 0.5) is 5.69 Å². The van der Waals surface area contributed by atoms with Crippen LogP contribution in [0.25, 0.3) is 10.8 Å². The van der Waals surface area contributed by atoms with Crippen LogP contribution in [0, 0.1) is 27.4 Å². The number of nitriles is 1. The van der Waals surface area contributed by atoms with Gasteiger partial charge in [0.2, 0.25) is 0 Å². The highest BCUT2D eigenvalue weighted by molar-refractivity contribution is 5.96. The van der Waals surface area contributed by atoms with Crippen molar-refractivity contribution in [1.82, 2.24) is 9.97 Å². The molecule has 86 valence electrons. The second-order valence-electron chi connectivity index (χ2n) is 3.94. The molecule has 3 rings (SSSR count). The number of nitrogens with one attached hydrogen (secondary N) is 2. The van der Waals surface area contributed by atoms with E-state index in [1.54, 1.807) is 30.6 Å². The molecule has 1 heterocycles. The number of nitrogen functional groups attached to an aromatic ring is 1. The lowest BCUT2D eigenvalue weighted by Gasteiger charge is -2.03. The second kappa shape index (κ2) is 3.57. The Morgan fingerprint density at radius 2 is 2.17 bits per heavy atom. The number of aromatic nitrogens is 2. The lowest BCUT2D eigenvalue weighted by atomic mass is 10.1. The van der Waals surface area contributed by atoms with Crippen LogP contribution >= 0.6 is 0 Å². The largest absolute Gasteiger partial charge is 0.398 e. The summed E-state index contributed by atoms with van der Waals surface area (Å²) in [7, 11) is 0. The van der Waals surface area contributed by atoms with Gasteiger partial charge in [-0.2, -0.15) is 5.26 Å². The molecule has 5 nitrogen and oxygen atoms in total. The minimum atomic E-state index is 0.170. The van der Waals surface area contributed by atoms with Crippen molar-refractivity contribution in [2.45, 2.75) is 0 Å². The van der Waals surface area contributed by atoms with Crippen molar-refractivity contribution < 1.29 is 0 Å². The van der Waals surface area contributed by atoms with Gasteiger partial charge in [-0.3, -0.25) is 10.4 Å². The first-order valence-electron chi connectivity index (χ1n) is 5.36. The number of nitrogens with two attached hydrogens (primary N) is 1. The van der Waals surface area contributed by atoms with Crippen LogP contribution in [0.5, 0.6) is 0 Å². The first-order chi connectivity index (χ1) is 8.74. The number of anilines is 1. The van der Waals surface area contributed by atoms with Crippen LogP contribution in [0.15, 0.2) is 30.6 Å². The SMILES string of the molecule is N#Cc1ccc(N)c2c3[nH]cccnc=3c2c1=N. The highest BCUT2D eigenvalue weighted by Gasteiger charge is 2.12. The van der Waals surface area contributed by atoms with Crippen molar-refractivity contribution in [3.63, 3.8) is 0 Å². The molecular formula is C13H9N5. The molecule has 5 heteroatoms. The van der Waals surface area contributed by atoms with E-state index in [9.17, 15) is 0 Å². The van der Waals surface area contributed by atoms with Crippen molar-refractivity contribution in [3.05, 3.63) is 52.2 Å². The van der Waals surface area contributed by atoms with E-state index in [1.165, 1.54) is 0 Å². The van der Waals surface area contributed by atoms with Crippen molar-refractivity contribution in [3.8, 4) is 6.07 Å². The fraction of sp³-hybridized carbons (Fsp3) is 0. The molecule has 1 aromatic carbocycles. The summed E-state index contributed by atoms with van der Waals surface area (Å²) in [6, 6.07) is 6.99. The van der Waals surface area contributed by atoms with Gasteiger partial charge in [-0.1, -0.05) is 0 Å². The predicted octanol–water partition coefficient (Wildman–Crippen LogP) is 1.22. The molecule has 1 aliphatic heterocycles. The molecular weight excluding hydrogens is 226 g/mol. The summed E-state index contributed by atoms with van der Waals surface area (Å²) in [6.45, 7) is 0. The molecule has 1 aromatic rings. The third-order valence-electron chi connectivity index (χ3n) is 2.95. The maximum absolute atomic E-state index is 9.02. The summed E-state index contributed by atoms with van der Waals surface area (Å²) in [4.78, 5) is 7.34. The van der Waals surface area contributed by atoms with E-state index in [0.717, 1.165) is 10.7 Å². The fourth-order valence-electron chi connectivity index (χ4n) is 2.09. The molecule has 0 atom stereocenters. The number of hydrogen-bond donors (Lipinski definition) is 3. The molecule has 1 aliphatic carbocycles. The molecule has 0 amide bonds. The average molecular weight is 235 g/mol. The Labute approximate surface area is 102 Å². The van der Waals surface area contributed by atoms with Crippen LogP contribution < -0.4 is 11.1 Å². The van der Waals surface area contributed by atoms with Crippen molar-refractivity contribution in [1.29, 1.82) is 10.7 Å². The molecule has 0 saturated heterocycles. The minimum Gasteiger partial charge on any atom is -0.398 e. The molecule has 0 spiro atoms. The van der Waals surface area contributed by atoms with Crippen LogP contribution in [-0.4, -0.2) is 9.97 Å². The maximum Gasteiger partial charge on any atom is 0.101 e. The predicted molar refractivity (Wildman–Crippen MR) is 66.4 cm³/mol. The van der Waals surface area contributed by atoms with E-state index < -0.39 is 0 Å². The molecule has 0 unspecified atom stereocenters. The molecule has 0 aromatic heterocycles. The number of H-pyrrole nitrogens is 1. The summed E-state index contributed by atoms with van der Waals surface area (Å²) in [6.07, 6.45) is 3.41. The third kappa shape index (κ3) is 1.20. The molecule has 0 fully saturated rings. The van der Waals surface area contributed by atoms with Crippen molar-refractivity contribution in [2.24, 2.45) is 0 Å². The Morgan fingerprint density at radius 1 is 1.33 bits per heavy atom. The summed E-state index contributed by atoms with van der Waals surface area (Å²) in [5.74, 6) is 0. The zero-order valence-electron chi connectivity index (χ0n) is 9.36. The Hall–Kier alpha value is -2.87. The number of fused-ring (bicyclic) bond motifs is 3. The van der Waals surface area contributed by atoms with Gasteiger partial charge in [0.1, 0.15) is 6.07 Å². The van der Waals surface area contributed by atoms with Gasteiger partial charge in [0.25, 0.3) is 0 Å². The van der Waals surface area contributed by atoms with Gasteiger partial charge >= 0.3 is 0 Å². The molecule has 0 bridgehead atoms. The third-order valence-corrected chi connectivity index (χ3v) is 2.95. The topological polar surface area (TPSA) is 102 Å². The first kappa shape index (κ1) is 10.3. The smallest absolute Gasteiger partial charge is 0.101 e. The van der Waals surface area contributed by atoms with Gasteiger partial charge in [0.15, 0.2) is 0 Å². The number of nitrogens with zero attached hydrogens (tertiary/aromatic N) is 2. The van der Waals surface area contributed by atoms with Gasteiger partial charge in [-0.15, -0.1) is 0 Å². The minimum absolute atomic E-state index is 0.170. The molecule has 0 saturated carbocycles. The Kier molecular flexibility index (Phi) is 2.04. The lowest BCUT2D eigenvalue weighted by molar-refractivity contribution is 1.19. The van der Waals surface area contributed by atoms with Gasteiger partial charge in [-0.05, 0) is 18.2 Å². The van der Waals surface area contributed by atoms with Crippen LogP contribution in [0.1, 0.15) is 5.56 Å². The highest BCUT2D eigenvalue weighted by Crippen LogP contribution is 2.23. The van der Waals surface area contributed by atoms with E-state index in [0.29, 0.717) is 22.0 Å². The molecule has 2 aliphatic rings. The van der Waals surface area contributed by atoms with Crippen LogP contribution in [0.2, 0.25) is 0 Å². The monoisotopic (exact) mass is 235 g/mol. The average Bonchev–Trinajstić information content (AvgIpc) is 2.58. The first-order valence-corrected chi connectivity index (χ1v) is 5.36.